The first-order valence-corrected chi connectivity index (χ1v) is 11.8. The summed E-state index contributed by atoms with van der Waals surface area (Å²) in [6.07, 6.45) is 5.48. The van der Waals surface area contributed by atoms with E-state index >= 15 is 0 Å². The van der Waals surface area contributed by atoms with Crippen molar-refractivity contribution in [2.24, 2.45) is 5.92 Å². The van der Waals surface area contributed by atoms with Gasteiger partial charge in [0.25, 0.3) is 0 Å². The molecule has 0 saturated heterocycles. The van der Waals surface area contributed by atoms with Crippen LogP contribution in [0.15, 0.2) is 34.7 Å². The van der Waals surface area contributed by atoms with Crippen LogP contribution in [-0.2, 0) is 19.4 Å². The lowest BCUT2D eigenvalue weighted by molar-refractivity contribution is -0.123. The smallest absolute Gasteiger partial charge is 0.235 e. The zero-order chi connectivity index (χ0) is 21.0. The minimum absolute atomic E-state index is 0.0129. The van der Waals surface area contributed by atoms with E-state index in [1.807, 2.05) is 0 Å². The molecule has 10 heteroatoms. The lowest BCUT2D eigenvalue weighted by Crippen LogP contribution is -2.23. The topological polar surface area (TPSA) is 122 Å². The normalized spacial score (nSPS) is 14.5. The summed E-state index contributed by atoms with van der Waals surface area (Å²) in [5.41, 5.74) is 0.835. The maximum absolute atomic E-state index is 12.7. The number of carbonyl (C=O) groups is 3. The van der Waals surface area contributed by atoms with Crippen molar-refractivity contribution in [3.05, 3.63) is 36.0 Å². The summed E-state index contributed by atoms with van der Waals surface area (Å²) in [6.45, 7) is 0. The largest absolute Gasteiger partial charge is 0.325 e. The van der Waals surface area contributed by atoms with Crippen LogP contribution in [-0.4, -0.2) is 37.3 Å². The van der Waals surface area contributed by atoms with E-state index in [4.69, 9.17) is 0 Å². The molecule has 1 fully saturated rings. The lowest BCUT2D eigenvalue weighted by Gasteiger charge is -2.13. The third-order valence-electron chi connectivity index (χ3n) is 4.61. The van der Waals surface area contributed by atoms with Gasteiger partial charge in [0.15, 0.2) is 20.8 Å². The number of nitrogens with zero attached hydrogens (tertiary/aromatic N) is 1. The minimum atomic E-state index is -3.41. The second-order valence-corrected chi connectivity index (χ2v) is 10.2. The van der Waals surface area contributed by atoms with Gasteiger partial charge in [-0.3, -0.25) is 14.4 Å². The summed E-state index contributed by atoms with van der Waals surface area (Å²) in [5.74, 6) is -1.21. The maximum Gasteiger partial charge on any atom is 0.235 e. The average Bonchev–Trinajstić information content (AvgIpc) is 3.33. The molecule has 2 N–H and O–H groups in total. The number of aromatic nitrogens is 1. The Morgan fingerprint density at radius 3 is 2.41 bits per heavy atom. The molecule has 0 aliphatic heterocycles. The lowest BCUT2D eigenvalue weighted by atomic mass is 9.95. The Labute approximate surface area is 172 Å². The number of nitrogens with one attached hydrogen (secondary N) is 2. The van der Waals surface area contributed by atoms with Crippen molar-refractivity contribution in [1.29, 1.82) is 0 Å². The van der Waals surface area contributed by atoms with Crippen LogP contribution in [0.2, 0.25) is 0 Å². The quantitative estimate of drug-likeness (QED) is 0.509. The third-order valence-corrected chi connectivity index (χ3v) is 7.31. The predicted octanol–water partition coefficient (Wildman–Crippen LogP) is 2.89. The Morgan fingerprint density at radius 2 is 1.76 bits per heavy atom. The molecule has 0 bridgehead atoms. The van der Waals surface area contributed by atoms with E-state index in [2.05, 4.69) is 15.6 Å². The van der Waals surface area contributed by atoms with Crippen LogP contribution in [0.5, 0.6) is 0 Å². The fraction of sp³-hybridized carbons (Fsp3) is 0.368. The van der Waals surface area contributed by atoms with Gasteiger partial charge in [0, 0.05) is 17.7 Å². The molecule has 0 atom stereocenters. The fourth-order valence-corrected chi connectivity index (χ4v) is 4.86. The van der Waals surface area contributed by atoms with Crippen molar-refractivity contribution in [1.82, 2.24) is 4.98 Å². The highest BCUT2D eigenvalue weighted by Crippen LogP contribution is 2.30. The number of hydrogen-bond donors (Lipinski definition) is 2. The van der Waals surface area contributed by atoms with E-state index in [1.165, 1.54) is 0 Å². The number of rotatable bonds is 7. The molecule has 8 nitrogen and oxygen atoms in total. The monoisotopic (exact) mass is 435 g/mol. The molecule has 0 unspecified atom stereocenters. The van der Waals surface area contributed by atoms with Gasteiger partial charge in [-0.05, 0) is 25.0 Å². The number of ketones is 1. The molecular formula is C19H21N3O5S2. The Morgan fingerprint density at radius 1 is 1.10 bits per heavy atom. The summed E-state index contributed by atoms with van der Waals surface area (Å²) in [4.78, 5) is 40.9. The molecule has 1 aromatic carbocycles. The van der Waals surface area contributed by atoms with Crippen LogP contribution in [0.1, 0.15) is 42.5 Å². The molecule has 1 heterocycles. The maximum atomic E-state index is 12.7. The fourth-order valence-electron chi connectivity index (χ4n) is 3.21. The molecule has 1 aromatic heterocycles. The third kappa shape index (κ3) is 5.48. The van der Waals surface area contributed by atoms with Crippen molar-refractivity contribution in [2.75, 3.05) is 16.9 Å². The zero-order valence-electron chi connectivity index (χ0n) is 15.8. The van der Waals surface area contributed by atoms with Crippen molar-refractivity contribution in [2.45, 2.75) is 36.3 Å². The van der Waals surface area contributed by atoms with Crippen molar-refractivity contribution >= 4 is 49.6 Å². The number of hydrogen-bond acceptors (Lipinski definition) is 7. The molecule has 1 aliphatic carbocycles. The number of carbonyl (C=O) groups excluding carboxylic acids is 3. The highest BCUT2D eigenvalue weighted by atomic mass is 32.2. The Kier molecular flexibility index (Phi) is 6.43. The summed E-state index contributed by atoms with van der Waals surface area (Å²) < 4.78 is 22.9. The van der Waals surface area contributed by atoms with E-state index in [0.717, 1.165) is 49.5 Å². The Balaban J connectivity index is 1.61. The molecule has 2 amide bonds. The highest BCUT2D eigenvalue weighted by molar-refractivity contribution is 7.92. The van der Waals surface area contributed by atoms with Gasteiger partial charge in [0.05, 0.1) is 11.9 Å². The van der Waals surface area contributed by atoms with Gasteiger partial charge in [-0.1, -0.05) is 36.3 Å². The van der Waals surface area contributed by atoms with E-state index < -0.39 is 28.1 Å². The van der Waals surface area contributed by atoms with E-state index in [0.29, 0.717) is 11.3 Å². The molecule has 154 valence electrons. The van der Waals surface area contributed by atoms with E-state index in [-0.39, 0.29) is 21.0 Å². The minimum Gasteiger partial charge on any atom is -0.325 e. The van der Waals surface area contributed by atoms with E-state index in [1.54, 1.807) is 24.3 Å². The van der Waals surface area contributed by atoms with Crippen LogP contribution in [0.4, 0.5) is 10.8 Å². The molecule has 3 rings (SSSR count). The van der Waals surface area contributed by atoms with Crippen molar-refractivity contribution in [3.8, 4) is 0 Å². The first kappa shape index (κ1) is 21.1. The van der Waals surface area contributed by atoms with Crippen LogP contribution in [0.3, 0.4) is 0 Å². The van der Waals surface area contributed by atoms with Gasteiger partial charge in [0.2, 0.25) is 11.8 Å². The van der Waals surface area contributed by atoms with Crippen molar-refractivity contribution < 1.29 is 22.8 Å². The molecule has 29 heavy (non-hydrogen) atoms. The number of anilines is 2. The average molecular weight is 436 g/mol. The Bertz CT molecular complexity index is 1040. The predicted molar refractivity (Wildman–Crippen MR) is 110 cm³/mol. The van der Waals surface area contributed by atoms with Gasteiger partial charge in [0.1, 0.15) is 10.6 Å². The summed E-state index contributed by atoms with van der Waals surface area (Å²) >= 11 is 0.812. The molecule has 1 aliphatic rings. The van der Waals surface area contributed by atoms with Crippen molar-refractivity contribution in [3.63, 3.8) is 0 Å². The number of Topliss-reactive ketones (excluding diaryl/α,β-unsaturated/α-hetero) is 1. The molecule has 0 radical (unpaired) electrons. The Hall–Kier alpha value is -2.59. The first-order chi connectivity index (χ1) is 13.7. The highest BCUT2D eigenvalue weighted by Gasteiger charge is 2.26. The summed E-state index contributed by atoms with van der Waals surface area (Å²) in [5, 5.41) is 5.13. The molecule has 1 saturated carbocycles. The van der Waals surface area contributed by atoms with Gasteiger partial charge < -0.3 is 10.6 Å². The van der Waals surface area contributed by atoms with Crippen LogP contribution >= 0.6 is 11.3 Å². The number of para-hydroxylation sites is 1. The number of thiazole rings is 1. The SMILES string of the molecule is CS(=O)(=O)c1cnc(NC(=O)CC(=O)Nc2ccccc2C(=O)C2CCCC2)s1. The molecular weight excluding hydrogens is 414 g/mol. The van der Waals surface area contributed by atoms with Crippen LogP contribution < -0.4 is 10.6 Å². The van der Waals surface area contributed by atoms with E-state index in [9.17, 15) is 22.8 Å². The number of amides is 2. The molecule has 2 aromatic rings. The standard InChI is InChI=1S/C19H21N3O5S2/c1-29(26,27)17-11-20-19(28-17)22-16(24)10-15(23)21-14-9-5-4-8-13(14)18(25)12-6-2-3-7-12/h4-5,8-9,11-12H,2-3,6-7,10H2,1H3,(H,21,23)(H,20,22,24). The number of benzene rings is 1. The summed E-state index contributed by atoms with van der Waals surface area (Å²) in [7, 11) is -3.41. The second kappa shape index (κ2) is 8.83. The summed E-state index contributed by atoms with van der Waals surface area (Å²) in [6, 6.07) is 6.77. The van der Waals surface area contributed by atoms with Gasteiger partial charge in [-0.2, -0.15) is 0 Å². The zero-order valence-corrected chi connectivity index (χ0v) is 17.4. The first-order valence-electron chi connectivity index (χ1n) is 9.13. The molecule has 0 spiro atoms. The second-order valence-electron chi connectivity index (χ2n) is 6.92. The van der Waals surface area contributed by atoms with Gasteiger partial charge in [-0.25, -0.2) is 13.4 Å². The van der Waals surface area contributed by atoms with Gasteiger partial charge in [-0.15, -0.1) is 0 Å². The number of sulfone groups is 1. The van der Waals surface area contributed by atoms with Crippen LogP contribution in [0, 0.1) is 5.92 Å². The van der Waals surface area contributed by atoms with Gasteiger partial charge >= 0.3 is 0 Å². The van der Waals surface area contributed by atoms with Crippen LogP contribution in [0.25, 0.3) is 0 Å².